The van der Waals surface area contributed by atoms with Gasteiger partial charge in [0, 0.05) is 0 Å². The van der Waals surface area contributed by atoms with E-state index in [2.05, 4.69) is 10.3 Å². The van der Waals surface area contributed by atoms with Crippen LogP contribution in [-0.4, -0.2) is 17.3 Å². The van der Waals surface area contributed by atoms with Gasteiger partial charge in [0.25, 0.3) is 0 Å². The summed E-state index contributed by atoms with van der Waals surface area (Å²) < 4.78 is 1.05. The standard InChI is InChI=1S/C5H7N3OS2/c1-10-3-2-7-5(11-3)8-4(6)9/h2H,1H3,(H3,6,7,8,9). The van der Waals surface area contributed by atoms with Crippen molar-refractivity contribution >= 4 is 34.3 Å². The molecular weight excluding hydrogens is 182 g/mol. The Balaban J connectivity index is 2.65. The highest BCUT2D eigenvalue weighted by molar-refractivity contribution is 8.00. The minimum Gasteiger partial charge on any atom is -0.351 e. The van der Waals surface area contributed by atoms with Gasteiger partial charge < -0.3 is 5.73 Å². The SMILES string of the molecule is CSc1cnc(NC(N)=O)s1. The third-order valence-corrected chi connectivity index (χ3v) is 2.88. The second kappa shape index (κ2) is 3.59. The monoisotopic (exact) mass is 189 g/mol. The highest BCUT2D eigenvalue weighted by Crippen LogP contribution is 2.25. The van der Waals surface area contributed by atoms with Crippen molar-refractivity contribution in [3.63, 3.8) is 0 Å². The van der Waals surface area contributed by atoms with Crippen molar-refractivity contribution in [1.29, 1.82) is 0 Å². The molecule has 0 aliphatic rings. The Labute approximate surface area is 72.2 Å². The van der Waals surface area contributed by atoms with Crippen LogP contribution in [-0.2, 0) is 0 Å². The van der Waals surface area contributed by atoms with E-state index >= 15 is 0 Å². The van der Waals surface area contributed by atoms with Crippen LogP contribution in [0, 0.1) is 0 Å². The second-order valence-corrected chi connectivity index (χ2v) is 3.81. The zero-order valence-electron chi connectivity index (χ0n) is 5.83. The third kappa shape index (κ3) is 2.39. The molecule has 3 N–H and O–H groups in total. The number of nitrogens with two attached hydrogens (primary N) is 1. The molecule has 1 aromatic heterocycles. The van der Waals surface area contributed by atoms with E-state index in [-0.39, 0.29) is 0 Å². The van der Waals surface area contributed by atoms with E-state index in [1.54, 1.807) is 18.0 Å². The van der Waals surface area contributed by atoms with Gasteiger partial charge >= 0.3 is 6.03 Å². The van der Waals surface area contributed by atoms with Crippen LogP contribution in [0.3, 0.4) is 0 Å². The molecule has 0 unspecified atom stereocenters. The van der Waals surface area contributed by atoms with Crippen LogP contribution in [0.15, 0.2) is 10.4 Å². The maximum atomic E-state index is 10.3. The second-order valence-electron chi connectivity index (χ2n) is 1.68. The first kappa shape index (κ1) is 8.35. The van der Waals surface area contributed by atoms with Crippen molar-refractivity contribution in [2.75, 3.05) is 11.6 Å². The summed E-state index contributed by atoms with van der Waals surface area (Å²) in [7, 11) is 0. The smallest absolute Gasteiger partial charge is 0.318 e. The molecular formula is C5H7N3OS2. The highest BCUT2D eigenvalue weighted by Gasteiger charge is 2.01. The van der Waals surface area contributed by atoms with Crippen molar-refractivity contribution in [2.45, 2.75) is 4.21 Å². The molecule has 0 aliphatic carbocycles. The third-order valence-electron chi connectivity index (χ3n) is 0.916. The van der Waals surface area contributed by atoms with Crippen molar-refractivity contribution in [1.82, 2.24) is 4.98 Å². The van der Waals surface area contributed by atoms with Crippen LogP contribution in [0.25, 0.3) is 0 Å². The highest BCUT2D eigenvalue weighted by atomic mass is 32.2. The lowest BCUT2D eigenvalue weighted by atomic mass is 10.9. The zero-order chi connectivity index (χ0) is 8.27. The molecule has 1 heterocycles. The van der Waals surface area contributed by atoms with Crippen molar-refractivity contribution in [3.8, 4) is 0 Å². The number of carbonyl (C=O) groups is 1. The van der Waals surface area contributed by atoms with Gasteiger partial charge in [-0.1, -0.05) is 11.3 Å². The molecule has 6 heteroatoms. The minimum absolute atomic E-state index is 0.543. The fourth-order valence-corrected chi connectivity index (χ4v) is 1.80. The van der Waals surface area contributed by atoms with Crippen LogP contribution >= 0.6 is 23.1 Å². The number of primary amides is 1. The Morgan fingerprint density at radius 3 is 3.09 bits per heavy atom. The normalized spacial score (nSPS) is 9.55. The van der Waals surface area contributed by atoms with E-state index in [1.165, 1.54) is 11.3 Å². The lowest BCUT2D eigenvalue weighted by molar-refractivity contribution is 0.259. The molecule has 60 valence electrons. The van der Waals surface area contributed by atoms with Crippen molar-refractivity contribution < 1.29 is 4.79 Å². The zero-order valence-corrected chi connectivity index (χ0v) is 7.46. The summed E-state index contributed by atoms with van der Waals surface area (Å²) in [5.41, 5.74) is 4.89. The Kier molecular flexibility index (Phi) is 2.72. The van der Waals surface area contributed by atoms with Gasteiger partial charge in [-0.3, -0.25) is 5.32 Å². The molecule has 0 aliphatic heterocycles. The van der Waals surface area contributed by atoms with Crippen LogP contribution in [0.5, 0.6) is 0 Å². The van der Waals surface area contributed by atoms with Gasteiger partial charge in [0.15, 0.2) is 5.13 Å². The van der Waals surface area contributed by atoms with E-state index in [1.807, 2.05) is 6.26 Å². The summed E-state index contributed by atoms with van der Waals surface area (Å²) in [6.07, 6.45) is 3.64. The van der Waals surface area contributed by atoms with Crippen LogP contribution in [0.1, 0.15) is 0 Å². The van der Waals surface area contributed by atoms with Crippen LogP contribution < -0.4 is 11.1 Å². The van der Waals surface area contributed by atoms with Crippen molar-refractivity contribution in [3.05, 3.63) is 6.20 Å². The quantitative estimate of drug-likeness (QED) is 0.690. The molecule has 0 saturated carbocycles. The van der Waals surface area contributed by atoms with E-state index in [9.17, 15) is 4.79 Å². The lowest BCUT2D eigenvalue weighted by Gasteiger charge is -1.91. The van der Waals surface area contributed by atoms with Gasteiger partial charge in [0.05, 0.1) is 10.4 Å². The molecule has 0 saturated heterocycles. The van der Waals surface area contributed by atoms with Crippen LogP contribution in [0.4, 0.5) is 9.93 Å². The molecule has 0 fully saturated rings. The first-order valence-electron chi connectivity index (χ1n) is 2.78. The summed E-state index contributed by atoms with van der Waals surface area (Å²) in [5, 5.41) is 2.94. The number of urea groups is 1. The predicted octanol–water partition coefficient (Wildman–Crippen LogP) is 1.36. The number of hydrogen-bond acceptors (Lipinski definition) is 4. The Bertz CT molecular complexity index is 260. The summed E-state index contributed by atoms with van der Waals surface area (Å²) >= 11 is 2.98. The van der Waals surface area contributed by atoms with Crippen molar-refractivity contribution in [2.24, 2.45) is 5.73 Å². The number of thioether (sulfide) groups is 1. The number of aromatic nitrogens is 1. The molecule has 1 rings (SSSR count). The molecule has 2 amide bonds. The molecule has 0 bridgehead atoms. The fourth-order valence-electron chi connectivity index (χ4n) is 0.517. The average Bonchev–Trinajstić information content (AvgIpc) is 2.34. The first-order valence-corrected chi connectivity index (χ1v) is 4.83. The lowest BCUT2D eigenvalue weighted by Crippen LogP contribution is -2.18. The van der Waals surface area contributed by atoms with Gasteiger partial charge in [0.1, 0.15) is 0 Å². The number of nitrogens with one attached hydrogen (secondary N) is 1. The Morgan fingerprint density at radius 2 is 2.64 bits per heavy atom. The number of thiazole rings is 1. The summed E-state index contributed by atoms with van der Waals surface area (Å²) in [6.45, 7) is 0. The molecule has 11 heavy (non-hydrogen) atoms. The molecule has 1 aromatic rings. The molecule has 0 atom stereocenters. The van der Waals surface area contributed by atoms with Gasteiger partial charge in [0.2, 0.25) is 0 Å². The number of amides is 2. The van der Waals surface area contributed by atoms with Gasteiger partial charge in [-0.05, 0) is 6.26 Å². The summed E-state index contributed by atoms with van der Waals surface area (Å²) in [6, 6.07) is -0.577. The predicted molar refractivity (Wildman–Crippen MR) is 47.1 cm³/mol. The number of rotatable bonds is 2. The van der Waals surface area contributed by atoms with Gasteiger partial charge in [-0.15, -0.1) is 11.8 Å². The molecule has 0 spiro atoms. The maximum Gasteiger partial charge on any atom is 0.318 e. The average molecular weight is 189 g/mol. The Hall–Kier alpha value is -0.750. The van der Waals surface area contributed by atoms with Crippen LogP contribution in [0.2, 0.25) is 0 Å². The summed E-state index contributed by atoms with van der Waals surface area (Å²) in [5.74, 6) is 0. The minimum atomic E-state index is -0.577. The number of carbonyl (C=O) groups excluding carboxylic acids is 1. The van der Waals surface area contributed by atoms with Gasteiger partial charge in [-0.2, -0.15) is 0 Å². The number of anilines is 1. The number of nitrogens with zero attached hydrogens (tertiary/aromatic N) is 1. The Morgan fingerprint density at radius 1 is 1.91 bits per heavy atom. The molecule has 4 nitrogen and oxygen atoms in total. The first-order chi connectivity index (χ1) is 5.22. The number of hydrogen-bond donors (Lipinski definition) is 2. The van der Waals surface area contributed by atoms with E-state index in [0.717, 1.165) is 4.21 Å². The fraction of sp³-hybridized carbons (Fsp3) is 0.200. The largest absolute Gasteiger partial charge is 0.351 e. The maximum absolute atomic E-state index is 10.3. The van der Waals surface area contributed by atoms with E-state index < -0.39 is 6.03 Å². The molecule has 0 aromatic carbocycles. The molecule has 0 radical (unpaired) electrons. The topological polar surface area (TPSA) is 68.0 Å². The summed E-state index contributed by atoms with van der Waals surface area (Å²) in [4.78, 5) is 14.3. The van der Waals surface area contributed by atoms with E-state index in [4.69, 9.17) is 5.73 Å². The van der Waals surface area contributed by atoms with Gasteiger partial charge in [-0.25, -0.2) is 9.78 Å². The van der Waals surface area contributed by atoms with E-state index in [0.29, 0.717) is 5.13 Å².